The van der Waals surface area contributed by atoms with Gasteiger partial charge in [0.1, 0.15) is 74.3 Å². The minimum Gasteiger partial charge on any atom is -0.382 e. The van der Waals surface area contributed by atoms with Gasteiger partial charge < -0.3 is 28.7 Å². The van der Waals surface area contributed by atoms with Crippen LogP contribution in [0, 0.1) is 36.5 Å². The molecule has 0 bridgehead atoms. The van der Waals surface area contributed by atoms with Crippen LogP contribution in [0.5, 0.6) is 0 Å². The molecule has 134 heavy (non-hydrogen) atoms. The molecule has 0 saturated heterocycles. The number of pyridine rings is 5. The van der Waals surface area contributed by atoms with E-state index in [-0.39, 0.29) is 23.8 Å². The number of aromatic nitrogens is 25. The van der Waals surface area contributed by atoms with E-state index in [2.05, 4.69) is 122 Å². The Bertz CT molecular complexity index is 8190. The molecule has 15 aromatic heterocycles. The zero-order valence-corrected chi connectivity index (χ0v) is 76.5. The van der Waals surface area contributed by atoms with Gasteiger partial charge in [0, 0.05) is 158 Å². The van der Waals surface area contributed by atoms with E-state index in [0.717, 1.165) is 87.9 Å². The highest BCUT2D eigenvalue weighted by Gasteiger charge is 2.26. The lowest BCUT2D eigenvalue weighted by atomic mass is 10.0. The predicted molar refractivity (Wildman–Crippen MR) is 534 cm³/mol. The molecule has 0 atom stereocenters. The Morgan fingerprint density at radius 2 is 0.634 bits per heavy atom. The summed E-state index contributed by atoms with van der Waals surface area (Å²) in [7, 11) is 9.21. The van der Waals surface area contributed by atoms with Crippen molar-refractivity contribution in [1.82, 2.24) is 124 Å². The molecule has 0 unspecified atom stereocenters. The standard InChI is InChI=1S/2C20H17ClN6.2C20H15ClN6.C19H13ClN6/c1-11(2)16-20(22)25-19(15-6-8-27(3)26-15)18(24-16)13-9-12-5-4-7-23-17(12)14(21)10-13;3*1-3-5-16-20(22)25-19(15-7-9-27(2)26-15)18(24-16)13-10-12-6-4-8-23-17(12)14(21)11-13;1-3-14-19(21)24-18(15-6-8-26(2)25-15)17(23-14)12-9-11-5-4-7-22-16(11)13(20)10-12/h4-10H,1H2,2-3H3,(H2,22,25);3-4,6-11H,1,5H2,2H3,(H2,22,25);4,6-11H,1-2H3,(H2,22,25);1,4,6-11H,5H2,2H3,(H2,22,25);1,4-10H,2H3,(H2,21,24). The van der Waals surface area contributed by atoms with Gasteiger partial charge in [0.25, 0.3) is 0 Å². The Balaban J connectivity index is 0.000000122. The maximum atomic E-state index is 6.48. The number of anilines is 5. The van der Waals surface area contributed by atoms with Crippen molar-refractivity contribution in [3.63, 3.8) is 0 Å². The summed E-state index contributed by atoms with van der Waals surface area (Å²) < 4.78 is 8.51. The number of benzene rings is 5. The number of halogens is 5. The molecule has 5 aromatic carbocycles. The molecular weight excluding hydrogens is 1790 g/mol. The molecule has 0 spiro atoms. The number of hydrogen-bond acceptors (Lipinski definition) is 25. The van der Waals surface area contributed by atoms with Crippen LogP contribution in [0.25, 0.3) is 173 Å². The number of hydrogen-bond donors (Lipinski definition) is 5. The molecule has 10 N–H and O–H groups in total. The lowest BCUT2D eigenvalue weighted by Crippen LogP contribution is -2.05. The van der Waals surface area contributed by atoms with Crippen molar-refractivity contribution in [2.45, 2.75) is 26.7 Å². The third-order valence-corrected chi connectivity index (χ3v) is 22.0. The van der Waals surface area contributed by atoms with Gasteiger partial charge in [-0.25, -0.2) is 49.8 Å². The normalized spacial score (nSPS) is 10.9. The average Bonchev–Trinajstić information content (AvgIpc) is 1.82. The zero-order valence-electron chi connectivity index (χ0n) is 72.7. The maximum absolute atomic E-state index is 6.48. The Labute approximate surface area is 792 Å². The van der Waals surface area contributed by atoms with Gasteiger partial charge in [-0.3, -0.25) is 48.3 Å². The van der Waals surface area contributed by atoms with E-state index in [1.165, 1.54) is 0 Å². The molecule has 0 saturated carbocycles. The fourth-order valence-corrected chi connectivity index (χ4v) is 15.9. The first-order valence-corrected chi connectivity index (χ1v) is 42.8. The summed E-state index contributed by atoms with van der Waals surface area (Å²) in [6.07, 6.45) is 31.3. The van der Waals surface area contributed by atoms with Crippen LogP contribution in [0.1, 0.15) is 42.3 Å². The van der Waals surface area contributed by atoms with Gasteiger partial charge in [0.2, 0.25) is 0 Å². The van der Waals surface area contributed by atoms with Gasteiger partial charge in [0.15, 0.2) is 28.8 Å². The number of aryl methyl sites for hydroxylation is 5. The van der Waals surface area contributed by atoms with E-state index in [1.54, 1.807) is 73.5 Å². The van der Waals surface area contributed by atoms with Crippen LogP contribution in [0.4, 0.5) is 29.1 Å². The topological polar surface area (TPSA) is 413 Å². The molecule has 0 aliphatic rings. The number of nitrogen functional groups attached to an aromatic ring is 5. The lowest BCUT2D eigenvalue weighted by molar-refractivity contribution is 0.769. The fourth-order valence-electron chi connectivity index (χ4n) is 14.5. The second kappa shape index (κ2) is 39.3. The number of nitrogens with two attached hydrogens (primary N) is 5. The van der Waals surface area contributed by atoms with Gasteiger partial charge in [-0.1, -0.05) is 107 Å². The number of terminal acetylenes is 2. The Morgan fingerprint density at radius 3 is 0.918 bits per heavy atom. The second-order valence-corrected chi connectivity index (χ2v) is 32.2. The van der Waals surface area contributed by atoms with Gasteiger partial charge in [-0.05, 0) is 153 Å². The van der Waals surface area contributed by atoms with Gasteiger partial charge in [-0.15, -0.1) is 25.3 Å². The molecule has 0 fully saturated rings. The first-order chi connectivity index (χ1) is 64.7. The van der Waals surface area contributed by atoms with Crippen LogP contribution in [0.15, 0.2) is 233 Å². The van der Waals surface area contributed by atoms with Gasteiger partial charge in [-0.2, -0.15) is 25.5 Å². The molecule has 0 amide bonds. The van der Waals surface area contributed by atoms with Crippen molar-refractivity contribution in [2.24, 2.45) is 35.2 Å². The van der Waals surface area contributed by atoms with Crippen LogP contribution in [-0.2, 0) is 48.1 Å². The van der Waals surface area contributed by atoms with E-state index in [1.807, 2.05) is 219 Å². The van der Waals surface area contributed by atoms with Crippen LogP contribution >= 0.6 is 58.0 Å². The molecule has 20 rings (SSSR count). The molecule has 0 aliphatic carbocycles. The Morgan fingerprint density at radius 1 is 0.358 bits per heavy atom. The summed E-state index contributed by atoms with van der Waals surface area (Å²) in [5.74, 6) is 12.2. The van der Waals surface area contributed by atoms with E-state index < -0.39 is 0 Å². The third-order valence-electron chi connectivity index (χ3n) is 20.6. The number of fused-ring (bicyclic) bond motifs is 5. The van der Waals surface area contributed by atoms with E-state index >= 15 is 0 Å². The zero-order chi connectivity index (χ0) is 94.3. The molecule has 658 valence electrons. The predicted octanol–water partition coefficient (Wildman–Crippen LogP) is 18.9. The Kier molecular flexibility index (Phi) is 26.5. The van der Waals surface area contributed by atoms with E-state index in [9.17, 15) is 0 Å². The number of allylic oxidation sites excluding steroid dienone is 2. The summed E-state index contributed by atoms with van der Waals surface area (Å²) in [4.78, 5) is 67.8. The van der Waals surface area contributed by atoms with Crippen LogP contribution in [-0.4, -0.2) is 124 Å². The summed E-state index contributed by atoms with van der Waals surface area (Å²) in [5, 5.41) is 29.5. The van der Waals surface area contributed by atoms with Crippen molar-refractivity contribution >= 4 is 147 Å². The first kappa shape index (κ1) is 90.6. The van der Waals surface area contributed by atoms with Gasteiger partial charge in [0.05, 0.1) is 99.0 Å². The second-order valence-electron chi connectivity index (χ2n) is 30.2. The quantitative estimate of drug-likeness (QED) is 0.0498. The summed E-state index contributed by atoms with van der Waals surface area (Å²) in [6, 6.07) is 47.4. The molecule has 15 heterocycles. The molecule has 0 aliphatic heterocycles. The maximum Gasteiger partial charge on any atom is 0.158 e. The van der Waals surface area contributed by atoms with E-state index in [0.29, 0.717) is 157 Å². The van der Waals surface area contributed by atoms with Crippen molar-refractivity contribution < 1.29 is 0 Å². The van der Waals surface area contributed by atoms with Crippen LogP contribution in [0.3, 0.4) is 0 Å². The highest BCUT2D eigenvalue weighted by molar-refractivity contribution is 6.37. The summed E-state index contributed by atoms with van der Waals surface area (Å²) in [5.41, 5.74) is 50.7. The molecule has 30 nitrogen and oxygen atoms in total. The monoisotopic (exact) mass is 1860 g/mol. The van der Waals surface area contributed by atoms with Gasteiger partial charge >= 0.3 is 0 Å². The lowest BCUT2D eigenvalue weighted by Gasteiger charge is -2.12. The van der Waals surface area contributed by atoms with Crippen molar-refractivity contribution in [3.8, 4) is 150 Å². The average molecular weight is 1860 g/mol. The summed E-state index contributed by atoms with van der Waals surface area (Å²) in [6.45, 7) is 11.3. The first-order valence-electron chi connectivity index (χ1n) is 40.9. The number of rotatable bonds is 14. The summed E-state index contributed by atoms with van der Waals surface area (Å²) >= 11 is 32.3. The molecular formula is C99H77Cl5N30. The van der Waals surface area contributed by atoms with Crippen LogP contribution in [0.2, 0.25) is 25.1 Å². The van der Waals surface area contributed by atoms with Crippen LogP contribution < -0.4 is 28.7 Å². The fraction of sp³-hybridized carbons (Fsp3) is 0.0909. The SMILES string of the molecule is C#CCc1nc(-c2cc(Cl)c3ncccc3c2)c(-c2ccn(C)n2)nc1N.C#Cc1nc(-c2cc(Cl)c3ncccc3c2)c(-c2ccn(C)n2)nc1N.C=C(C)c1nc(-c2cc(Cl)c3ncccc3c2)c(-c2ccn(C)n2)nc1N.C=CCc1nc(-c2cc(Cl)c3ncccc3c2)c(-c2ccn(C)n2)nc1N.CC#Cc1nc(-c2cc(Cl)c3ncccc3c2)c(-c2ccn(C)n2)nc1N. The van der Waals surface area contributed by atoms with E-state index in [4.69, 9.17) is 114 Å². The molecule has 0 radical (unpaired) electrons. The highest BCUT2D eigenvalue weighted by Crippen LogP contribution is 2.42. The minimum atomic E-state index is 0.186. The van der Waals surface area contributed by atoms with Crippen molar-refractivity contribution in [2.75, 3.05) is 28.7 Å². The Hall–Kier alpha value is -16.8. The molecule has 35 heteroatoms. The van der Waals surface area contributed by atoms with Crippen molar-refractivity contribution in [3.05, 3.63) is 286 Å². The smallest absolute Gasteiger partial charge is 0.158 e. The number of nitrogens with zero attached hydrogens (tertiary/aromatic N) is 25. The third kappa shape index (κ3) is 19.4. The molecule has 20 aromatic rings. The minimum absolute atomic E-state index is 0.186. The van der Waals surface area contributed by atoms with Crippen molar-refractivity contribution in [1.29, 1.82) is 0 Å². The largest absolute Gasteiger partial charge is 0.382 e. The highest BCUT2D eigenvalue weighted by atomic mass is 35.5.